The third kappa shape index (κ3) is 3.25. The van der Waals surface area contributed by atoms with Crippen LogP contribution in [0, 0.1) is 0 Å². The largest absolute Gasteiger partial charge is 0.491 e. The predicted molar refractivity (Wildman–Crippen MR) is 58.3 cm³/mol. The average Bonchev–Trinajstić information content (AvgIpc) is 2.16. The lowest BCUT2D eigenvalue weighted by atomic mass is 10.1. The van der Waals surface area contributed by atoms with Gasteiger partial charge in [0.1, 0.15) is 11.8 Å². The molecule has 1 aromatic rings. The van der Waals surface area contributed by atoms with Crippen LogP contribution in [0.3, 0.4) is 0 Å². The van der Waals surface area contributed by atoms with E-state index in [1.165, 1.54) is 0 Å². The summed E-state index contributed by atoms with van der Waals surface area (Å²) in [6.07, 6.45) is 0.0880. The first-order chi connectivity index (χ1) is 7.00. The lowest BCUT2D eigenvalue weighted by Gasteiger charge is -2.12. The molecule has 1 unspecified atom stereocenters. The highest BCUT2D eigenvalue weighted by atomic mass is 16.5. The first-order valence-electron chi connectivity index (χ1n) is 4.82. The molecule has 1 aromatic carbocycles. The zero-order valence-corrected chi connectivity index (χ0v) is 8.94. The number of carbonyl (C=O) groups is 1. The van der Waals surface area contributed by atoms with Crippen LogP contribution in [0.2, 0.25) is 0 Å². The molecule has 0 aliphatic rings. The third-order valence-corrected chi connectivity index (χ3v) is 1.90. The monoisotopic (exact) mass is 208 g/mol. The molecule has 1 atom stereocenters. The van der Waals surface area contributed by atoms with E-state index in [4.69, 9.17) is 16.2 Å². The molecular weight excluding hydrogens is 192 g/mol. The number of hydrogen-bond donors (Lipinski definition) is 2. The highest BCUT2D eigenvalue weighted by Gasteiger charge is 2.12. The van der Waals surface area contributed by atoms with Crippen molar-refractivity contribution in [1.29, 1.82) is 0 Å². The first kappa shape index (κ1) is 11.5. The van der Waals surface area contributed by atoms with Gasteiger partial charge in [0.2, 0.25) is 5.91 Å². The summed E-state index contributed by atoms with van der Waals surface area (Å²) in [7, 11) is 0. The summed E-state index contributed by atoms with van der Waals surface area (Å²) in [6.45, 7) is 3.86. The Hall–Kier alpha value is -1.55. The summed E-state index contributed by atoms with van der Waals surface area (Å²) < 4.78 is 5.48. The van der Waals surface area contributed by atoms with E-state index in [0.717, 1.165) is 0 Å². The zero-order chi connectivity index (χ0) is 11.4. The Morgan fingerprint density at radius 3 is 2.60 bits per heavy atom. The molecule has 0 radical (unpaired) electrons. The minimum atomic E-state index is -0.777. The van der Waals surface area contributed by atoms with Crippen LogP contribution in [0.1, 0.15) is 25.5 Å². The van der Waals surface area contributed by atoms with Crippen LogP contribution in [0.25, 0.3) is 0 Å². The molecule has 0 bridgehead atoms. The van der Waals surface area contributed by atoms with Gasteiger partial charge in [-0.1, -0.05) is 12.1 Å². The molecule has 1 rings (SSSR count). The Bertz CT molecular complexity index is 350. The van der Waals surface area contributed by atoms with E-state index < -0.39 is 11.9 Å². The Morgan fingerprint density at radius 2 is 2.07 bits per heavy atom. The Balaban J connectivity index is 2.87. The van der Waals surface area contributed by atoms with Gasteiger partial charge in [0.05, 0.1) is 6.10 Å². The second-order valence-electron chi connectivity index (χ2n) is 3.62. The highest BCUT2D eigenvalue weighted by molar-refractivity contribution is 5.81. The molecule has 15 heavy (non-hydrogen) atoms. The number of ether oxygens (including phenoxy) is 1. The van der Waals surface area contributed by atoms with Crippen molar-refractivity contribution in [3.63, 3.8) is 0 Å². The molecule has 0 saturated carbocycles. The van der Waals surface area contributed by atoms with Gasteiger partial charge in [-0.2, -0.15) is 0 Å². The smallest absolute Gasteiger partial charge is 0.238 e. The molecule has 1 amide bonds. The molecule has 4 N–H and O–H groups in total. The van der Waals surface area contributed by atoms with Crippen LogP contribution in [-0.4, -0.2) is 12.0 Å². The second-order valence-corrected chi connectivity index (χ2v) is 3.62. The number of hydrogen-bond acceptors (Lipinski definition) is 3. The van der Waals surface area contributed by atoms with Gasteiger partial charge in [-0.25, -0.2) is 0 Å². The van der Waals surface area contributed by atoms with Gasteiger partial charge < -0.3 is 16.2 Å². The Labute approximate surface area is 89.2 Å². The van der Waals surface area contributed by atoms with Crippen LogP contribution in [-0.2, 0) is 4.79 Å². The fraction of sp³-hybridized carbons (Fsp3) is 0.364. The first-order valence-corrected chi connectivity index (χ1v) is 4.82. The van der Waals surface area contributed by atoms with Crippen molar-refractivity contribution in [2.24, 2.45) is 11.5 Å². The van der Waals surface area contributed by atoms with Gasteiger partial charge in [0, 0.05) is 0 Å². The number of amides is 1. The van der Waals surface area contributed by atoms with Crippen LogP contribution in [0.15, 0.2) is 24.3 Å². The quantitative estimate of drug-likeness (QED) is 0.773. The second kappa shape index (κ2) is 4.79. The lowest BCUT2D eigenvalue weighted by Crippen LogP contribution is -2.28. The molecule has 0 heterocycles. The number of rotatable bonds is 4. The van der Waals surface area contributed by atoms with E-state index in [9.17, 15) is 4.79 Å². The molecule has 0 spiro atoms. The van der Waals surface area contributed by atoms with Crippen LogP contribution in [0.5, 0.6) is 5.75 Å². The molecule has 82 valence electrons. The van der Waals surface area contributed by atoms with Crippen LogP contribution in [0.4, 0.5) is 0 Å². The van der Waals surface area contributed by atoms with E-state index in [0.29, 0.717) is 11.3 Å². The van der Waals surface area contributed by atoms with E-state index in [2.05, 4.69) is 0 Å². The average molecular weight is 208 g/mol. The third-order valence-electron chi connectivity index (χ3n) is 1.90. The standard InChI is InChI=1S/C11H16N2O2/c1-7(2)15-9-5-3-4-8(6-9)10(12)11(13)14/h3-7,10H,12H2,1-2H3,(H2,13,14). The van der Waals surface area contributed by atoms with E-state index in [1.54, 1.807) is 18.2 Å². The Kier molecular flexibility index (Phi) is 3.68. The zero-order valence-electron chi connectivity index (χ0n) is 8.94. The van der Waals surface area contributed by atoms with Crippen LogP contribution < -0.4 is 16.2 Å². The van der Waals surface area contributed by atoms with Crippen molar-refractivity contribution < 1.29 is 9.53 Å². The van der Waals surface area contributed by atoms with Crippen molar-refractivity contribution in [2.45, 2.75) is 26.0 Å². The van der Waals surface area contributed by atoms with Crippen molar-refractivity contribution in [1.82, 2.24) is 0 Å². The van der Waals surface area contributed by atoms with Crippen LogP contribution >= 0.6 is 0 Å². The normalized spacial score (nSPS) is 12.5. The topological polar surface area (TPSA) is 78.3 Å². The molecule has 0 aromatic heterocycles. The maximum absolute atomic E-state index is 10.9. The molecule has 0 aliphatic heterocycles. The predicted octanol–water partition coefficient (Wildman–Crippen LogP) is 0.959. The van der Waals surface area contributed by atoms with Gasteiger partial charge in [-0.3, -0.25) is 4.79 Å². The van der Waals surface area contributed by atoms with E-state index in [1.807, 2.05) is 19.9 Å². The van der Waals surface area contributed by atoms with E-state index in [-0.39, 0.29) is 6.10 Å². The maximum atomic E-state index is 10.9. The van der Waals surface area contributed by atoms with Crippen molar-refractivity contribution in [3.8, 4) is 5.75 Å². The van der Waals surface area contributed by atoms with Gasteiger partial charge in [0.25, 0.3) is 0 Å². The van der Waals surface area contributed by atoms with Gasteiger partial charge in [0.15, 0.2) is 0 Å². The number of primary amides is 1. The van der Waals surface area contributed by atoms with Gasteiger partial charge in [-0.15, -0.1) is 0 Å². The minimum absolute atomic E-state index is 0.0880. The molecule has 4 nitrogen and oxygen atoms in total. The molecule has 0 fully saturated rings. The van der Waals surface area contributed by atoms with Crippen molar-refractivity contribution in [2.75, 3.05) is 0 Å². The van der Waals surface area contributed by atoms with E-state index >= 15 is 0 Å². The molecular formula is C11H16N2O2. The number of benzene rings is 1. The summed E-state index contributed by atoms with van der Waals surface area (Å²) in [5, 5.41) is 0. The summed E-state index contributed by atoms with van der Waals surface area (Å²) in [5.74, 6) is 0.149. The Morgan fingerprint density at radius 1 is 1.40 bits per heavy atom. The summed E-state index contributed by atoms with van der Waals surface area (Å²) in [6, 6.07) is 6.31. The fourth-order valence-electron chi connectivity index (χ4n) is 1.22. The summed E-state index contributed by atoms with van der Waals surface area (Å²) in [5.41, 5.74) is 11.4. The molecule has 0 saturated heterocycles. The summed E-state index contributed by atoms with van der Waals surface area (Å²) in [4.78, 5) is 10.9. The highest BCUT2D eigenvalue weighted by Crippen LogP contribution is 2.18. The van der Waals surface area contributed by atoms with Gasteiger partial charge >= 0.3 is 0 Å². The number of nitrogens with two attached hydrogens (primary N) is 2. The van der Waals surface area contributed by atoms with Crippen molar-refractivity contribution in [3.05, 3.63) is 29.8 Å². The minimum Gasteiger partial charge on any atom is -0.491 e. The summed E-state index contributed by atoms with van der Waals surface area (Å²) >= 11 is 0. The van der Waals surface area contributed by atoms with Gasteiger partial charge in [-0.05, 0) is 31.5 Å². The molecule has 0 aliphatic carbocycles. The van der Waals surface area contributed by atoms with Crippen molar-refractivity contribution >= 4 is 5.91 Å². The molecule has 4 heteroatoms. The number of carbonyl (C=O) groups excluding carboxylic acids is 1. The SMILES string of the molecule is CC(C)Oc1cccc(C(N)C(N)=O)c1. The maximum Gasteiger partial charge on any atom is 0.238 e. The fourth-order valence-corrected chi connectivity index (χ4v) is 1.22. The lowest BCUT2D eigenvalue weighted by molar-refractivity contribution is -0.119.